The Kier molecular flexibility index (Phi) is 4.99. The fourth-order valence-electron chi connectivity index (χ4n) is 1.93. The number of carbonyl (C=O) groups excluding carboxylic acids is 2. The summed E-state index contributed by atoms with van der Waals surface area (Å²) >= 11 is 0. The van der Waals surface area contributed by atoms with Crippen LogP contribution >= 0.6 is 0 Å². The van der Waals surface area contributed by atoms with Crippen molar-refractivity contribution >= 4 is 11.8 Å². The van der Waals surface area contributed by atoms with Crippen molar-refractivity contribution in [1.29, 1.82) is 0 Å². The molecule has 0 atom stereocenters. The summed E-state index contributed by atoms with van der Waals surface area (Å²) in [6.07, 6.45) is -0.378. The molecule has 0 saturated heterocycles. The number of esters is 1. The van der Waals surface area contributed by atoms with E-state index >= 15 is 0 Å². The predicted molar refractivity (Wildman–Crippen MR) is 76.7 cm³/mol. The lowest BCUT2D eigenvalue weighted by Gasteiger charge is -2.05. The zero-order valence-electron chi connectivity index (χ0n) is 11.9. The Labute approximate surface area is 126 Å². The van der Waals surface area contributed by atoms with E-state index in [9.17, 15) is 18.4 Å². The smallest absolute Gasteiger partial charge is 0.311 e. The van der Waals surface area contributed by atoms with Gasteiger partial charge in [0, 0.05) is 12.5 Å². The first kappa shape index (κ1) is 15.8. The highest BCUT2D eigenvalue weighted by Gasteiger charge is 2.15. The van der Waals surface area contributed by atoms with Gasteiger partial charge in [0.15, 0.2) is 5.78 Å². The van der Waals surface area contributed by atoms with Crippen molar-refractivity contribution in [2.24, 2.45) is 0 Å². The average Bonchev–Trinajstić information content (AvgIpc) is 2.45. The molecule has 0 N–H and O–H groups in total. The standard InChI is InChI=1S/C17H14F2O3/c1-11-3-2-4-13(9-11)22-17(21)8-7-16(20)14-6-5-12(18)10-15(14)19/h2-6,9-10H,7-8H2,1H3. The number of carbonyl (C=O) groups is 2. The van der Waals surface area contributed by atoms with Crippen LogP contribution in [-0.4, -0.2) is 11.8 Å². The second-order valence-corrected chi connectivity index (χ2v) is 4.84. The number of benzene rings is 2. The molecule has 2 rings (SSSR count). The van der Waals surface area contributed by atoms with Crippen LogP contribution in [0, 0.1) is 18.6 Å². The molecule has 2 aromatic carbocycles. The van der Waals surface area contributed by atoms with Gasteiger partial charge >= 0.3 is 5.97 Å². The highest BCUT2D eigenvalue weighted by atomic mass is 19.1. The van der Waals surface area contributed by atoms with Gasteiger partial charge in [-0.2, -0.15) is 0 Å². The third-order valence-electron chi connectivity index (χ3n) is 3.01. The van der Waals surface area contributed by atoms with Crippen LogP contribution in [0.25, 0.3) is 0 Å². The van der Waals surface area contributed by atoms with E-state index in [-0.39, 0.29) is 18.4 Å². The lowest BCUT2D eigenvalue weighted by Crippen LogP contribution is -2.11. The Morgan fingerprint density at radius 1 is 1.05 bits per heavy atom. The third kappa shape index (κ3) is 4.22. The molecule has 0 spiro atoms. The SMILES string of the molecule is Cc1cccc(OC(=O)CCC(=O)c2ccc(F)cc2F)c1. The van der Waals surface area contributed by atoms with Crippen molar-refractivity contribution in [3.8, 4) is 5.75 Å². The summed E-state index contributed by atoms with van der Waals surface area (Å²) in [6, 6.07) is 9.64. The number of ether oxygens (including phenoxy) is 1. The molecule has 3 nitrogen and oxygen atoms in total. The Balaban J connectivity index is 1.92. The number of ketones is 1. The van der Waals surface area contributed by atoms with Gasteiger partial charge in [-0.25, -0.2) is 8.78 Å². The fraction of sp³-hybridized carbons (Fsp3) is 0.176. The molecule has 2 aromatic rings. The van der Waals surface area contributed by atoms with Gasteiger partial charge in [-0.05, 0) is 36.8 Å². The monoisotopic (exact) mass is 304 g/mol. The molecule has 0 unspecified atom stereocenters. The van der Waals surface area contributed by atoms with E-state index in [0.717, 1.165) is 17.7 Å². The van der Waals surface area contributed by atoms with E-state index < -0.39 is 23.4 Å². The molecule has 0 amide bonds. The summed E-state index contributed by atoms with van der Waals surface area (Å²) in [5, 5.41) is 0. The molecule has 0 aliphatic rings. The van der Waals surface area contributed by atoms with E-state index in [2.05, 4.69) is 0 Å². The first-order valence-corrected chi connectivity index (χ1v) is 6.71. The highest BCUT2D eigenvalue weighted by Crippen LogP contribution is 2.15. The van der Waals surface area contributed by atoms with Gasteiger partial charge in [0.05, 0.1) is 12.0 Å². The van der Waals surface area contributed by atoms with Crippen LogP contribution in [0.4, 0.5) is 8.78 Å². The van der Waals surface area contributed by atoms with Gasteiger partial charge in [0.25, 0.3) is 0 Å². The zero-order chi connectivity index (χ0) is 16.1. The lowest BCUT2D eigenvalue weighted by molar-refractivity contribution is -0.134. The van der Waals surface area contributed by atoms with Crippen LogP contribution in [0.5, 0.6) is 5.75 Å². The molecule has 0 aliphatic heterocycles. The molecule has 0 heterocycles. The molecular formula is C17H14F2O3. The molecule has 0 radical (unpaired) electrons. The van der Waals surface area contributed by atoms with Gasteiger partial charge in [-0.15, -0.1) is 0 Å². The molecule has 0 aromatic heterocycles. The summed E-state index contributed by atoms with van der Waals surface area (Å²) in [6.45, 7) is 1.86. The van der Waals surface area contributed by atoms with E-state index in [0.29, 0.717) is 11.8 Å². The molecular weight excluding hydrogens is 290 g/mol. The van der Waals surface area contributed by atoms with Crippen molar-refractivity contribution in [2.45, 2.75) is 19.8 Å². The van der Waals surface area contributed by atoms with E-state index in [4.69, 9.17) is 4.74 Å². The maximum atomic E-state index is 13.4. The van der Waals surface area contributed by atoms with Crippen molar-refractivity contribution in [3.05, 3.63) is 65.2 Å². The van der Waals surface area contributed by atoms with E-state index in [1.54, 1.807) is 18.2 Å². The van der Waals surface area contributed by atoms with Crippen LogP contribution in [0.15, 0.2) is 42.5 Å². The van der Waals surface area contributed by atoms with Gasteiger partial charge in [0.1, 0.15) is 17.4 Å². The second-order valence-electron chi connectivity index (χ2n) is 4.84. The minimum absolute atomic E-state index is 0.177. The summed E-state index contributed by atoms with van der Waals surface area (Å²) < 4.78 is 31.3. The minimum Gasteiger partial charge on any atom is -0.427 e. The van der Waals surface area contributed by atoms with Crippen molar-refractivity contribution in [2.75, 3.05) is 0 Å². The quantitative estimate of drug-likeness (QED) is 0.479. The molecule has 0 fully saturated rings. The summed E-state index contributed by atoms with van der Waals surface area (Å²) in [4.78, 5) is 23.5. The van der Waals surface area contributed by atoms with Gasteiger partial charge in [0.2, 0.25) is 0 Å². The van der Waals surface area contributed by atoms with E-state index in [1.807, 2.05) is 13.0 Å². The molecule has 0 saturated carbocycles. The van der Waals surface area contributed by atoms with E-state index in [1.165, 1.54) is 0 Å². The van der Waals surface area contributed by atoms with Crippen LogP contribution in [0.1, 0.15) is 28.8 Å². The molecule has 0 aliphatic carbocycles. The number of aryl methyl sites for hydroxylation is 1. The largest absolute Gasteiger partial charge is 0.427 e. The molecule has 114 valence electrons. The predicted octanol–water partition coefficient (Wildman–Crippen LogP) is 3.84. The minimum atomic E-state index is -0.933. The topological polar surface area (TPSA) is 43.4 Å². The zero-order valence-corrected chi connectivity index (χ0v) is 11.9. The summed E-state index contributed by atoms with van der Waals surface area (Å²) in [5.74, 6) is -2.45. The van der Waals surface area contributed by atoms with Crippen LogP contribution < -0.4 is 4.74 Å². The maximum absolute atomic E-state index is 13.4. The Morgan fingerprint density at radius 3 is 2.50 bits per heavy atom. The maximum Gasteiger partial charge on any atom is 0.311 e. The van der Waals surface area contributed by atoms with Gasteiger partial charge in [-0.3, -0.25) is 9.59 Å². The highest BCUT2D eigenvalue weighted by molar-refractivity contribution is 5.97. The number of hydrogen-bond acceptors (Lipinski definition) is 3. The summed E-state index contributed by atoms with van der Waals surface area (Å²) in [7, 11) is 0. The Bertz CT molecular complexity index is 711. The fourth-order valence-corrected chi connectivity index (χ4v) is 1.93. The first-order valence-electron chi connectivity index (χ1n) is 6.71. The van der Waals surface area contributed by atoms with Crippen LogP contribution in [-0.2, 0) is 4.79 Å². The summed E-state index contributed by atoms with van der Waals surface area (Å²) in [5.41, 5.74) is 0.708. The van der Waals surface area contributed by atoms with Crippen molar-refractivity contribution in [1.82, 2.24) is 0 Å². The first-order chi connectivity index (χ1) is 10.5. The number of halogens is 2. The normalized spacial score (nSPS) is 10.3. The van der Waals surface area contributed by atoms with Crippen molar-refractivity contribution in [3.63, 3.8) is 0 Å². The average molecular weight is 304 g/mol. The number of Topliss-reactive ketones (excluding diaryl/α,β-unsaturated/α-hetero) is 1. The molecule has 5 heteroatoms. The van der Waals surface area contributed by atoms with Gasteiger partial charge < -0.3 is 4.74 Å². The Morgan fingerprint density at radius 2 is 1.82 bits per heavy atom. The van der Waals surface area contributed by atoms with Crippen LogP contribution in [0.3, 0.4) is 0 Å². The molecule has 22 heavy (non-hydrogen) atoms. The number of rotatable bonds is 5. The van der Waals surface area contributed by atoms with Crippen molar-refractivity contribution < 1.29 is 23.1 Å². The molecule has 0 bridgehead atoms. The lowest BCUT2D eigenvalue weighted by atomic mass is 10.1. The third-order valence-corrected chi connectivity index (χ3v) is 3.01. The Hall–Kier alpha value is -2.56. The number of hydrogen-bond donors (Lipinski definition) is 0. The van der Waals surface area contributed by atoms with Gasteiger partial charge in [-0.1, -0.05) is 12.1 Å². The second kappa shape index (κ2) is 6.93. The van der Waals surface area contributed by atoms with Crippen LogP contribution in [0.2, 0.25) is 0 Å².